The van der Waals surface area contributed by atoms with Crippen LogP contribution in [0.15, 0.2) is 36.5 Å². The first-order chi connectivity index (χ1) is 9.78. The third kappa shape index (κ3) is 3.69. The molecular formula is C14H12F4N2O. The largest absolute Gasteiger partial charge is 0.430 e. The van der Waals surface area contributed by atoms with E-state index >= 15 is 0 Å². The third-order valence-corrected chi connectivity index (χ3v) is 2.69. The molecule has 0 bridgehead atoms. The lowest BCUT2D eigenvalue weighted by Gasteiger charge is -2.16. The highest BCUT2D eigenvalue weighted by Crippen LogP contribution is 2.28. The maximum atomic E-state index is 13.7. The molecular weight excluding hydrogens is 288 g/mol. The Hall–Kier alpha value is -2.15. The second-order valence-electron chi connectivity index (χ2n) is 4.45. The normalized spacial score (nSPS) is 13.0. The molecule has 0 saturated heterocycles. The molecule has 0 aliphatic rings. The van der Waals surface area contributed by atoms with Crippen LogP contribution in [0.4, 0.5) is 17.6 Å². The maximum Gasteiger partial charge on any atom is 0.395 e. The van der Waals surface area contributed by atoms with E-state index in [2.05, 4.69) is 9.72 Å². The lowest BCUT2D eigenvalue weighted by Crippen LogP contribution is -2.20. The van der Waals surface area contributed by atoms with Gasteiger partial charge in [-0.25, -0.2) is 8.78 Å². The van der Waals surface area contributed by atoms with E-state index < -0.39 is 29.5 Å². The van der Waals surface area contributed by atoms with Gasteiger partial charge in [0.05, 0.1) is 11.7 Å². The third-order valence-electron chi connectivity index (χ3n) is 2.69. The van der Waals surface area contributed by atoms with Crippen molar-refractivity contribution in [3.05, 3.63) is 59.4 Å². The number of ether oxygens (including phenoxy) is 1. The van der Waals surface area contributed by atoms with Crippen LogP contribution in [0.2, 0.25) is 0 Å². The van der Waals surface area contributed by atoms with Crippen molar-refractivity contribution in [2.45, 2.75) is 19.1 Å². The Morgan fingerprint density at radius 3 is 2.48 bits per heavy atom. The molecule has 2 aromatic rings. The molecule has 0 saturated carbocycles. The van der Waals surface area contributed by atoms with Crippen LogP contribution < -0.4 is 10.5 Å². The van der Waals surface area contributed by atoms with Crippen LogP contribution in [0.1, 0.15) is 24.2 Å². The Balaban J connectivity index is 2.30. The molecule has 0 amide bonds. The van der Waals surface area contributed by atoms with Crippen LogP contribution in [0.5, 0.6) is 5.75 Å². The Morgan fingerprint density at radius 2 is 1.90 bits per heavy atom. The number of halogens is 4. The lowest BCUT2D eigenvalue weighted by molar-refractivity contribution is -0.160. The van der Waals surface area contributed by atoms with Crippen molar-refractivity contribution in [3.8, 4) is 5.75 Å². The van der Waals surface area contributed by atoms with E-state index in [4.69, 9.17) is 5.73 Å². The number of alkyl halides is 2. The van der Waals surface area contributed by atoms with Gasteiger partial charge in [0.2, 0.25) is 0 Å². The number of aromatic nitrogens is 1. The Morgan fingerprint density at radius 1 is 1.19 bits per heavy atom. The average molecular weight is 300 g/mol. The Kier molecular flexibility index (Phi) is 4.13. The molecule has 112 valence electrons. The second-order valence-corrected chi connectivity index (χ2v) is 4.45. The molecule has 2 rings (SSSR count). The molecule has 0 fully saturated rings. The van der Waals surface area contributed by atoms with Crippen LogP contribution >= 0.6 is 0 Å². The van der Waals surface area contributed by atoms with Gasteiger partial charge in [-0.2, -0.15) is 8.78 Å². The monoisotopic (exact) mass is 300 g/mol. The highest BCUT2D eigenvalue weighted by atomic mass is 19.3. The van der Waals surface area contributed by atoms with E-state index in [1.807, 2.05) is 0 Å². The topological polar surface area (TPSA) is 48.1 Å². The fourth-order valence-corrected chi connectivity index (χ4v) is 1.77. The summed E-state index contributed by atoms with van der Waals surface area (Å²) in [7, 11) is 0. The molecule has 0 radical (unpaired) electrons. The van der Waals surface area contributed by atoms with Crippen molar-refractivity contribution in [1.82, 2.24) is 4.98 Å². The minimum absolute atomic E-state index is 0.0635. The van der Waals surface area contributed by atoms with Gasteiger partial charge in [-0.05, 0) is 29.8 Å². The van der Waals surface area contributed by atoms with E-state index in [0.717, 1.165) is 12.1 Å². The average Bonchev–Trinajstić information content (AvgIpc) is 2.39. The van der Waals surface area contributed by atoms with Gasteiger partial charge >= 0.3 is 6.11 Å². The summed E-state index contributed by atoms with van der Waals surface area (Å²) >= 11 is 0. The van der Waals surface area contributed by atoms with Gasteiger partial charge in [-0.1, -0.05) is 6.07 Å². The number of nitrogens with two attached hydrogens (primary N) is 1. The Labute approximate surface area is 118 Å². The Bertz CT molecular complexity index is 643. The van der Waals surface area contributed by atoms with E-state index in [-0.39, 0.29) is 11.3 Å². The van der Waals surface area contributed by atoms with Crippen LogP contribution in [0.25, 0.3) is 0 Å². The summed E-state index contributed by atoms with van der Waals surface area (Å²) in [5.74, 6) is -2.26. The fraction of sp³-hybridized carbons (Fsp3) is 0.214. The molecule has 1 unspecified atom stereocenters. The van der Waals surface area contributed by atoms with Gasteiger partial charge in [0.1, 0.15) is 5.82 Å². The quantitative estimate of drug-likeness (QED) is 0.880. The zero-order valence-corrected chi connectivity index (χ0v) is 11.0. The highest BCUT2D eigenvalue weighted by molar-refractivity contribution is 5.34. The molecule has 1 aromatic carbocycles. The first-order valence-electron chi connectivity index (χ1n) is 6.00. The summed E-state index contributed by atoms with van der Waals surface area (Å²) < 4.78 is 56.8. The molecule has 1 atom stereocenters. The van der Waals surface area contributed by atoms with Crippen LogP contribution in [-0.2, 0) is 0 Å². The van der Waals surface area contributed by atoms with Crippen molar-refractivity contribution in [2.24, 2.45) is 5.73 Å². The van der Waals surface area contributed by atoms with Crippen LogP contribution in [0.3, 0.4) is 0 Å². The van der Waals surface area contributed by atoms with Crippen molar-refractivity contribution < 1.29 is 22.3 Å². The number of pyridine rings is 1. The summed E-state index contributed by atoms with van der Waals surface area (Å²) in [6.07, 6.45) is -2.15. The van der Waals surface area contributed by atoms with Crippen molar-refractivity contribution in [1.29, 1.82) is 0 Å². The SMILES string of the molecule is CC(F)(F)Oc1ccc(C(N)c2ncccc2F)cc1F. The van der Waals surface area contributed by atoms with Gasteiger partial charge in [0.15, 0.2) is 11.6 Å². The molecule has 0 spiro atoms. The molecule has 2 N–H and O–H groups in total. The zero-order chi connectivity index (χ0) is 15.6. The van der Waals surface area contributed by atoms with Crippen molar-refractivity contribution in [2.75, 3.05) is 0 Å². The lowest BCUT2D eigenvalue weighted by atomic mass is 10.0. The highest BCUT2D eigenvalue weighted by Gasteiger charge is 2.25. The molecule has 7 heteroatoms. The molecule has 3 nitrogen and oxygen atoms in total. The predicted octanol–water partition coefficient (Wildman–Crippen LogP) is 3.40. The number of rotatable bonds is 4. The van der Waals surface area contributed by atoms with E-state index in [9.17, 15) is 17.6 Å². The molecule has 0 aliphatic carbocycles. The minimum Gasteiger partial charge on any atom is -0.430 e. The summed E-state index contributed by atoms with van der Waals surface area (Å²) in [6, 6.07) is 4.77. The van der Waals surface area contributed by atoms with E-state index in [0.29, 0.717) is 6.92 Å². The predicted molar refractivity (Wildman–Crippen MR) is 67.9 cm³/mol. The first-order valence-corrected chi connectivity index (χ1v) is 6.00. The number of hydrogen-bond donors (Lipinski definition) is 1. The van der Waals surface area contributed by atoms with E-state index in [1.165, 1.54) is 24.4 Å². The van der Waals surface area contributed by atoms with Crippen molar-refractivity contribution >= 4 is 0 Å². The molecule has 21 heavy (non-hydrogen) atoms. The maximum absolute atomic E-state index is 13.7. The standard InChI is InChI=1S/C14H12F4N2O/c1-14(17,18)21-11-5-4-8(7-10(11)16)12(19)13-9(15)3-2-6-20-13/h2-7,12H,19H2,1H3. The molecule has 1 heterocycles. The van der Waals surface area contributed by atoms with Gasteiger partial charge in [-0.3, -0.25) is 4.98 Å². The van der Waals surface area contributed by atoms with Gasteiger partial charge in [-0.15, -0.1) is 0 Å². The summed E-state index contributed by atoms with van der Waals surface area (Å²) in [4.78, 5) is 3.79. The van der Waals surface area contributed by atoms with Crippen molar-refractivity contribution in [3.63, 3.8) is 0 Å². The minimum atomic E-state index is -3.50. The summed E-state index contributed by atoms with van der Waals surface area (Å²) in [5.41, 5.74) is 5.93. The summed E-state index contributed by atoms with van der Waals surface area (Å²) in [5, 5.41) is 0. The number of nitrogens with zero attached hydrogens (tertiary/aromatic N) is 1. The van der Waals surface area contributed by atoms with Gasteiger partial charge in [0.25, 0.3) is 0 Å². The fourth-order valence-electron chi connectivity index (χ4n) is 1.77. The van der Waals surface area contributed by atoms with Crippen LogP contribution in [-0.4, -0.2) is 11.1 Å². The number of benzene rings is 1. The molecule has 1 aromatic heterocycles. The van der Waals surface area contributed by atoms with Gasteiger partial charge < -0.3 is 10.5 Å². The second kappa shape index (κ2) is 5.69. The first kappa shape index (κ1) is 15.2. The smallest absolute Gasteiger partial charge is 0.395 e. The van der Waals surface area contributed by atoms with Gasteiger partial charge in [0, 0.05) is 13.1 Å². The zero-order valence-electron chi connectivity index (χ0n) is 11.0. The summed E-state index contributed by atoms with van der Waals surface area (Å²) in [6.45, 7) is 0.495. The van der Waals surface area contributed by atoms with E-state index in [1.54, 1.807) is 0 Å². The molecule has 0 aliphatic heterocycles. The number of hydrogen-bond acceptors (Lipinski definition) is 3. The van der Waals surface area contributed by atoms with Crippen LogP contribution in [0, 0.1) is 11.6 Å².